The zero-order valence-electron chi connectivity index (χ0n) is 11.8. The van der Waals surface area contributed by atoms with Crippen molar-refractivity contribution < 1.29 is 14.3 Å². The molecule has 4 nitrogen and oxygen atoms in total. The van der Waals surface area contributed by atoms with Crippen molar-refractivity contribution in [2.24, 2.45) is 5.92 Å². The molecular formula is C15H21NO3. The van der Waals surface area contributed by atoms with Gasteiger partial charge in [0, 0.05) is 18.0 Å². The second-order valence-electron chi connectivity index (χ2n) is 4.84. The molecule has 0 aliphatic carbocycles. The molecule has 1 aliphatic heterocycles. The Kier molecular flexibility index (Phi) is 4.43. The third kappa shape index (κ3) is 2.89. The van der Waals surface area contributed by atoms with E-state index in [2.05, 4.69) is 5.32 Å². The molecule has 1 unspecified atom stereocenters. The van der Waals surface area contributed by atoms with Crippen LogP contribution >= 0.6 is 0 Å². The zero-order valence-corrected chi connectivity index (χ0v) is 11.8. The average Bonchev–Trinajstić information content (AvgIpc) is 2.43. The molecule has 2 rings (SSSR count). The van der Waals surface area contributed by atoms with Crippen LogP contribution in [0.25, 0.3) is 0 Å². The number of hydrogen-bond donors (Lipinski definition) is 1. The summed E-state index contributed by atoms with van der Waals surface area (Å²) >= 11 is 0. The Labute approximate surface area is 114 Å². The summed E-state index contributed by atoms with van der Waals surface area (Å²) in [7, 11) is 1.87. The lowest BCUT2D eigenvalue weighted by molar-refractivity contribution is 0.0914. The second kappa shape index (κ2) is 6.06. The van der Waals surface area contributed by atoms with E-state index in [9.17, 15) is 4.79 Å². The lowest BCUT2D eigenvalue weighted by atomic mass is 9.92. The van der Waals surface area contributed by atoms with Crippen LogP contribution < -0.4 is 14.8 Å². The van der Waals surface area contributed by atoms with E-state index in [-0.39, 0.29) is 11.7 Å². The van der Waals surface area contributed by atoms with Crippen molar-refractivity contribution in [1.82, 2.24) is 5.32 Å². The fourth-order valence-electron chi connectivity index (χ4n) is 2.34. The fraction of sp³-hybridized carbons (Fsp3) is 0.533. The highest BCUT2D eigenvalue weighted by molar-refractivity contribution is 6.00. The molecule has 0 bridgehead atoms. The summed E-state index contributed by atoms with van der Waals surface area (Å²) in [5.74, 6) is 1.60. The van der Waals surface area contributed by atoms with Crippen LogP contribution in [0.3, 0.4) is 0 Å². The van der Waals surface area contributed by atoms with E-state index in [1.807, 2.05) is 33.0 Å². The van der Waals surface area contributed by atoms with E-state index >= 15 is 0 Å². The van der Waals surface area contributed by atoms with Gasteiger partial charge in [-0.2, -0.15) is 0 Å². The lowest BCUT2D eigenvalue weighted by Gasteiger charge is -2.21. The first kappa shape index (κ1) is 13.9. The van der Waals surface area contributed by atoms with Crippen LogP contribution in [0.5, 0.6) is 11.5 Å². The van der Waals surface area contributed by atoms with Crippen LogP contribution in [0.2, 0.25) is 0 Å². The van der Waals surface area contributed by atoms with Crippen molar-refractivity contribution >= 4 is 5.78 Å². The molecule has 0 aromatic heterocycles. The highest BCUT2D eigenvalue weighted by Crippen LogP contribution is 2.34. The number of hydrogen-bond acceptors (Lipinski definition) is 4. The molecule has 0 amide bonds. The summed E-state index contributed by atoms with van der Waals surface area (Å²) in [6, 6.07) is 3.72. The Morgan fingerprint density at radius 1 is 1.32 bits per heavy atom. The van der Waals surface area contributed by atoms with Gasteiger partial charge in [-0.05, 0) is 38.1 Å². The van der Waals surface area contributed by atoms with Crippen LogP contribution in [0.4, 0.5) is 0 Å². The van der Waals surface area contributed by atoms with Gasteiger partial charge in [-0.15, -0.1) is 0 Å². The number of nitrogens with one attached hydrogen (secondary N) is 1. The number of fused-ring (bicyclic) bond motifs is 1. The minimum atomic E-state index is 0.00580. The Bertz CT molecular complexity index is 471. The van der Waals surface area contributed by atoms with Gasteiger partial charge in [0.05, 0.1) is 0 Å². The van der Waals surface area contributed by atoms with Crippen LogP contribution in [-0.2, 0) is 0 Å². The van der Waals surface area contributed by atoms with E-state index in [0.29, 0.717) is 25.5 Å². The highest BCUT2D eigenvalue weighted by Gasteiger charge is 2.22. The minimum Gasteiger partial charge on any atom is -0.486 e. The summed E-state index contributed by atoms with van der Waals surface area (Å²) in [6.07, 6.45) is 0.827. The first-order valence-corrected chi connectivity index (χ1v) is 6.76. The van der Waals surface area contributed by atoms with Gasteiger partial charge in [-0.25, -0.2) is 0 Å². The van der Waals surface area contributed by atoms with Crippen molar-refractivity contribution in [3.63, 3.8) is 0 Å². The molecule has 0 fully saturated rings. The smallest absolute Gasteiger partial charge is 0.167 e. The van der Waals surface area contributed by atoms with Crippen molar-refractivity contribution in [3.05, 3.63) is 23.3 Å². The summed E-state index contributed by atoms with van der Waals surface area (Å²) in [5.41, 5.74) is 1.69. The standard InChI is InChI=1S/C15H21NO3/c1-4-11(9-16-3)15(17)12-8-14-13(7-10(12)2)18-5-6-19-14/h7-8,11,16H,4-6,9H2,1-3H3. The lowest BCUT2D eigenvalue weighted by Crippen LogP contribution is -2.26. The number of rotatable bonds is 5. The number of Topliss-reactive ketones (excluding diaryl/α,β-unsaturated/α-hetero) is 1. The molecule has 1 heterocycles. The molecule has 1 aliphatic rings. The number of carbonyl (C=O) groups excluding carboxylic acids is 1. The van der Waals surface area contributed by atoms with E-state index in [1.54, 1.807) is 0 Å². The van der Waals surface area contributed by atoms with Crippen LogP contribution in [0.1, 0.15) is 29.3 Å². The Balaban J connectivity index is 2.31. The Hall–Kier alpha value is -1.55. The molecule has 1 aromatic rings. The Morgan fingerprint density at radius 2 is 1.95 bits per heavy atom. The Morgan fingerprint density at radius 3 is 2.53 bits per heavy atom. The predicted molar refractivity (Wildman–Crippen MR) is 74.2 cm³/mol. The van der Waals surface area contributed by atoms with Crippen LogP contribution in [0.15, 0.2) is 12.1 Å². The van der Waals surface area contributed by atoms with Gasteiger partial charge < -0.3 is 14.8 Å². The minimum absolute atomic E-state index is 0.00580. The maximum atomic E-state index is 12.5. The molecule has 19 heavy (non-hydrogen) atoms. The first-order chi connectivity index (χ1) is 9.17. The SMILES string of the molecule is CCC(CNC)C(=O)c1cc2c(cc1C)OCCO2. The van der Waals surface area contributed by atoms with Crippen molar-refractivity contribution in [3.8, 4) is 11.5 Å². The number of benzene rings is 1. The summed E-state index contributed by atoms with van der Waals surface area (Å²) in [4.78, 5) is 12.5. The normalized spacial score (nSPS) is 15.1. The van der Waals surface area contributed by atoms with Gasteiger partial charge in [-0.1, -0.05) is 6.92 Å². The molecule has 1 aromatic carbocycles. The molecule has 4 heteroatoms. The molecular weight excluding hydrogens is 242 g/mol. The van der Waals surface area contributed by atoms with Gasteiger partial charge >= 0.3 is 0 Å². The summed E-state index contributed by atoms with van der Waals surface area (Å²) in [5, 5.41) is 3.07. The highest BCUT2D eigenvalue weighted by atomic mass is 16.6. The molecule has 104 valence electrons. The van der Waals surface area contributed by atoms with Gasteiger partial charge in [0.25, 0.3) is 0 Å². The van der Waals surface area contributed by atoms with Gasteiger partial charge in [0.15, 0.2) is 17.3 Å². The van der Waals surface area contributed by atoms with Gasteiger partial charge in [0.2, 0.25) is 0 Å². The maximum Gasteiger partial charge on any atom is 0.167 e. The molecule has 0 spiro atoms. The fourth-order valence-corrected chi connectivity index (χ4v) is 2.34. The predicted octanol–water partition coefficient (Wildman–Crippen LogP) is 2.19. The molecule has 0 saturated carbocycles. The summed E-state index contributed by atoms with van der Waals surface area (Å²) in [6.45, 7) is 5.78. The van der Waals surface area contributed by atoms with Crippen molar-refractivity contribution in [2.45, 2.75) is 20.3 Å². The number of aryl methyl sites for hydroxylation is 1. The molecule has 1 N–H and O–H groups in total. The number of carbonyl (C=O) groups is 1. The number of ether oxygens (including phenoxy) is 2. The van der Waals surface area contributed by atoms with Gasteiger partial charge in [-0.3, -0.25) is 4.79 Å². The van der Waals surface area contributed by atoms with E-state index in [1.165, 1.54) is 0 Å². The molecule has 0 saturated heterocycles. The topological polar surface area (TPSA) is 47.6 Å². The third-order valence-electron chi connectivity index (χ3n) is 3.47. The first-order valence-electron chi connectivity index (χ1n) is 6.76. The van der Waals surface area contributed by atoms with Crippen molar-refractivity contribution in [2.75, 3.05) is 26.8 Å². The second-order valence-corrected chi connectivity index (χ2v) is 4.84. The van der Waals surface area contributed by atoms with E-state index in [4.69, 9.17) is 9.47 Å². The average molecular weight is 263 g/mol. The van der Waals surface area contributed by atoms with Crippen molar-refractivity contribution in [1.29, 1.82) is 0 Å². The van der Waals surface area contributed by atoms with Crippen LogP contribution in [-0.4, -0.2) is 32.6 Å². The maximum absolute atomic E-state index is 12.5. The summed E-state index contributed by atoms with van der Waals surface area (Å²) < 4.78 is 11.1. The molecule has 0 radical (unpaired) electrons. The van der Waals surface area contributed by atoms with Gasteiger partial charge in [0.1, 0.15) is 13.2 Å². The number of ketones is 1. The third-order valence-corrected chi connectivity index (χ3v) is 3.47. The van der Waals surface area contributed by atoms with E-state index in [0.717, 1.165) is 23.3 Å². The van der Waals surface area contributed by atoms with Crippen LogP contribution in [0, 0.1) is 12.8 Å². The largest absolute Gasteiger partial charge is 0.486 e. The monoisotopic (exact) mass is 263 g/mol. The molecule has 1 atom stereocenters. The quantitative estimate of drug-likeness (QED) is 0.827. The zero-order chi connectivity index (χ0) is 13.8. The van der Waals surface area contributed by atoms with E-state index < -0.39 is 0 Å².